The summed E-state index contributed by atoms with van der Waals surface area (Å²) in [6, 6.07) is 6.98. The van der Waals surface area contributed by atoms with Crippen LogP contribution in [-0.4, -0.2) is 28.9 Å². The van der Waals surface area contributed by atoms with Crippen LogP contribution in [0.5, 0.6) is 0 Å². The summed E-state index contributed by atoms with van der Waals surface area (Å²) in [6.45, 7) is 0.283. The van der Waals surface area contributed by atoms with E-state index in [1.807, 2.05) is 0 Å². The van der Waals surface area contributed by atoms with Gasteiger partial charge in [-0.2, -0.15) is 0 Å². The van der Waals surface area contributed by atoms with Crippen molar-refractivity contribution in [2.45, 2.75) is 0 Å². The van der Waals surface area contributed by atoms with Gasteiger partial charge in [0.25, 0.3) is 0 Å². The van der Waals surface area contributed by atoms with Crippen molar-refractivity contribution >= 4 is 5.78 Å². The maximum Gasteiger partial charge on any atom is 0.330 e. The number of Topliss-reactive ketones (excluding diaryl/α,β-unsaturated/α-hetero) is 1. The Bertz CT molecular complexity index is 583. The summed E-state index contributed by atoms with van der Waals surface area (Å²) in [6.07, 6.45) is 3.19. The highest BCUT2D eigenvalue weighted by Crippen LogP contribution is 2.09. The van der Waals surface area contributed by atoms with Gasteiger partial charge in [0.15, 0.2) is 5.78 Å². The largest absolute Gasteiger partial charge is 0.330 e. The zero-order valence-electron chi connectivity index (χ0n) is 9.43. The number of nitrogens with one attached hydrogen (secondary N) is 2. The van der Waals surface area contributed by atoms with Gasteiger partial charge in [-0.15, -0.1) is 0 Å². The lowest BCUT2D eigenvalue weighted by Crippen LogP contribution is -2.19. The van der Waals surface area contributed by atoms with E-state index in [0.717, 1.165) is 0 Å². The SMILES string of the molecule is CNCC(=O)c1cccc(-n2cc[nH]c2=O)c1. The third-order valence-electron chi connectivity index (χ3n) is 2.43. The van der Waals surface area contributed by atoms with Gasteiger partial charge in [0.2, 0.25) is 0 Å². The molecule has 0 aliphatic carbocycles. The summed E-state index contributed by atoms with van der Waals surface area (Å²) in [5.74, 6) is -0.00191. The number of imidazole rings is 1. The predicted molar refractivity (Wildman–Crippen MR) is 64.6 cm³/mol. The summed E-state index contributed by atoms with van der Waals surface area (Å²) in [5.41, 5.74) is 1.05. The zero-order valence-corrected chi connectivity index (χ0v) is 9.43. The molecule has 0 unspecified atom stereocenters. The van der Waals surface area contributed by atoms with Crippen molar-refractivity contribution < 1.29 is 4.79 Å². The Labute approximate surface area is 98.1 Å². The predicted octanol–water partition coefficient (Wildman–Crippen LogP) is 0.568. The lowest BCUT2D eigenvalue weighted by molar-refractivity contribution is 0.0993. The summed E-state index contributed by atoms with van der Waals surface area (Å²) in [5, 5.41) is 2.81. The van der Waals surface area contributed by atoms with E-state index in [2.05, 4.69) is 10.3 Å². The van der Waals surface area contributed by atoms with Crippen molar-refractivity contribution in [3.63, 3.8) is 0 Å². The van der Waals surface area contributed by atoms with Crippen LogP contribution >= 0.6 is 0 Å². The molecular weight excluding hydrogens is 218 g/mol. The van der Waals surface area contributed by atoms with Gasteiger partial charge in [0.05, 0.1) is 12.2 Å². The van der Waals surface area contributed by atoms with Crippen LogP contribution in [0.1, 0.15) is 10.4 Å². The van der Waals surface area contributed by atoms with Gasteiger partial charge in [-0.3, -0.25) is 9.36 Å². The van der Waals surface area contributed by atoms with E-state index in [4.69, 9.17) is 0 Å². The lowest BCUT2D eigenvalue weighted by atomic mass is 10.1. The number of H-pyrrole nitrogens is 1. The number of carbonyl (C=O) groups excluding carboxylic acids is 1. The lowest BCUT2D eigenvalue weighted by Gasteiger charge is -2.04. The van der Waals surface area contributed by atoms with Gasteiger partial charge in [-0.05, 0) is 19.2 Å². The Morgan fingerprint density at radius 1 is 1.47 bits per heavy atom. The topological polar surface area (TPSA) is 66.9 Å². The van der Waals surface area contributed by atoms with Crippen molar-refractivity contribution in [2.75, 3.05) is 13.6 Å². The van der Waals surface area contributed by atoms with Crippen LogP contribution in [-0.2, 0) is 0 Å². The molecular formula is C12H13N3O2. The highest BCUT2D eigenvalue weighted by molar-refractivity contribution is 5.98. The number of aromatic nitrogens is 2. The first-order valence-corrected chi connectivity index (χ1v) is 5.26. The molecule has 2 N–H and O–H groups in total. The number of hydrogen-bond acceptors (Lipinski definition) is 3. The second kappa shape index (κ2) is 4.80. The molecule has 5 heteroatoms. The number of rotatable bonds is 4. The molecule has 1 aromatic heterocycles. The molecule has 1 aromatic carbocycles. The molecule has 0 atom stereocenters. The maximum absolute atomic E-state index is 11.7. The van der Waals surface area contributed by atoms with Crippen molar-refractivity contribution in [3.05, 3.63) is 52.7 Å². The van der Waals surface area contributed by atoms with Crippen molar-refractivity contribution in [3.8, 4) is 5.69 Å². The van der Waals surface area contributed by atoms with Crippen molar-refractivity contribution in [1.29, 1.82) is 0 Å². The average molecular weight is 231 g/mol. The van der Waals surface area contributed by atoms with Gasteiger partial charge in [0.1, 0.15) is 0 Å². The molecule has 0 bridgehead atoms. The van der Waals surface area contributed by atoms with Crippen LogP contribution < -0.4 is 11.0 Å². The molecule has 0 saturated carbocycles. The smallest absolute Gasteiger partial charge is 0.313 e. The molecule has 0 amide bonds. The highest BCUT2D eigenvalue weighted by atomic mass is 16.1. The van der Waals surface area contributed by atoms with Crippen LogP contribution in [0.3, 0.4) is 0 Å². The fourth-order valence-electron chi connectivity index (χ4n) is 1.62. The fourth-order valence-corrected chi connectivity index (χ4v) is 1.62. The molecule has 0 saturated heterocycles. The van der Waals surface area contributed by atoms with E-state index in [1.54, 1.807) is 43.7 Å². The van der Waals surface area contributed by atoms with Crippen LogP contribution in [0, 0.1) is 0 Å². The number of carbonyl (C=O) groups is 1. The molecule has 0 aliphatic heterocycles. The summed E-state index contributed by atoms with van der Waals surface area (Å²) >= 11 is 0. The molecule has 0 spiro atoms. The normalized spacial score (nSPS) is 10.4. The highest BCUT2D eigenvalue weighted by Gasteiger charge is 2.06. The van der Waals surface area contributed by atoms with Gasteiger partial charge in [-0.25, -0.2) is 4.79 Å². The number of nitrogens with zero attached hydrogens (tertiary/aromatic N) is 1. The van der Waals surface area contributed by atoms with Crippen LogP contribution in [0.2, 0.25) is 0 Å². The summed E-state index contributed by atoms with van der Waals surface area (Å²) < 4.78 is 1.45. The van der Waals surface area contributed by atoms with E-state index in [0.29, 0.717) is 11.3 Å². The molecule has 0 aliphatic rings. The Balaban J connectivity index is 2.39. The molecule has 17 heavy (non-hydrogen) atoms. The molecule has 88 valence electrons. The summed E-state index contributed by atoms with van der Waals surface area (Å²) in [7, 11) is 1.72. The fraction of sp³-hybridized carbons (Fsp3) is 0.167. The Morgan fingerprint density at radius 3 is 2.94 bits per heavy atom. The Morgan fingerprint density at radius 2 is 2.29 bits per heavy atom. The second-order valence-corrected chi connectivity index (χ2v) is 3.64. The Kier molecular flexibility index (Phi) is 3.20. The van der Waals surface area contributed by atoms with Crippen molar-refractivity contribution in [1.82, 2.24) is 14.9 Å². The van der Waals surface area contributed by atoms with E-state index >= 15 is 0 Å². The third kappa shape index (κ3) is 2.34. The van der Waals surface area contributed by atoms with E-state index < -0.39 is 0 Å². The van der Waals surface area contributed by atoms with Gasteiger partial charge in [0, 0.05) is 18.0 Å². The molecule has 5 nitrogen and oxygen atoms in total. The van der Waals surface area contributed by atoms with E-state index in [-0.39, 0.29) is 18.0 Å². The Hall–Kier alpha value is -2.14. The number of hydrogen-bond donors (Lipinski definition) is 2. The molecule has 2 aromatic rings. The zero-order chi connectivity index (χ0) is 12.3. The maximum atomic E-state index is 11.7. The second-order valence-electron chi connectivity index (χ2n) is 3.64. The first-order valence-electron chi connectivity index (χ1n) is 5.26. The quantitative estimate of drug-likeness (QED) is 0.756. The van der Waals surface area contributed by atoms with E-state index in [9.17, 15) is 9.59 Å². The van der Waals surface area contributed by atoms with Gasteiger partial charge < -0.3 is 10.3 Å². The molecule has 2 rings (SSSR count). The van der Waals surface area contributed by atoms with Crippen LogP contribution in [0.4, 0.5) is 0 Å². The number of benzene rings is 1. The standard InChI is InChI=1S/C12H13N3O2/c1-13-8-11(16)9-3-2-4-10(7-9)15-6-5-14-12(15)17/h2-7,13H,8H2,1H3,(H,14,17). The molecule has 1 heterocycles. The minimum atomic E-state index is -0.219. The van der Waals surface area contributed by atoms with Crippen LogP contribution in [0.25, 0.3) is 5.69 Å². The number of aromatic amines is 1. The van der Waals surface area contributed by atoms with Gasteiger partial charge in [-0.1, -0.05) is 12.1 Å². The summed E-state index contributed by atoms with van der Waals surface area (Å²) in [4.78, 5) is 25.7. The van der Waals surface area contributed by atoms with Crippen molar-refractivity contribution in [2.24, 2.45) is 0 Å². The first-order chi connectivity index (χ1) is 8.22. The minimum Gasteiger partial charge on any atom is -0.313 e. The molecule has 0 radical (unpaired) electrons. The number of likely N-dealkylation sites (N-methyl/N-ethyl adjacent to an activating group) is 1. The third-order valence-corrected chi connectivity index (χ3v) is 2.43. The molecule has 0 fully saturated rings. The monoisotopic (exact) mass is 231 g/mol. The van der Waals surface area contributed by atoms with E-state index in [1.165, 1.54) is 4.57 Å². The average Bonchev–Trinajstić information content (AvgIpc) is 2.76. The first kappa shape index (κ1) is 11.3. The van der Waals surface area contributed by atoms with Crippen LogP contribution in [0.15, 0.2) is 41.5 Å². The number of ketones is 1. The van der Waals surface area contributed by atoms with Gasteiger partial charge >= 0.3 is 5.69 Å². The minimum absolute atomic E-state index is 0.00191.